The number of hydrogen-bond acceptors (Lipinski definition) is 2. The van der Waals surface area contributed by atoms with Crippen molar-refractivity contribution >= 4 is 17.6 Å². The molecule has 31 heavy (non-hydrogen) atoms. The van der Waals surface area contributed by atoms with Gasteiger partial charge in [-0.3, -0.25) is 4.79 Å². The summed E-state index contributed by atoms with van der Waals surface area (Å²) < 4.78 is 52.3. The van der Waals surface area contributed by atoms with E-state index in [1.54, 1.807) is 4.90 Å². The van der Waals surface area contributed by atoms with E-state index in [-0.39, 0.29) is 24.6 Å². The fourth-order valence-electron chi connectivity index (χ4n) is 4.08. The number of nitrogens with zero attached hydrogens (tertiary/aromatic N) is 2. The van der Waals surface area contributed by atoms with Gasteiger partial charge < -0.3 is 15.1 Å². The number of carbonyl (C=O) groups is 2. The van der Waals surface area contributed by atoms with Crippen LogP contribution < -0.4 is 5.32 Å². The predicted molar refractivity (Wildman–Crippen MR) is 106 cm³/mol. The van der Waals surface area contributed by atoms with Gasteiger partial charge >= 0.3 is 12.2 Å². The van der Waals surface area contributed by atoms with Gasteiger partial charge in [-0.1, -0.05) is 24.3 Å². The number of anilines is 1. The van der Waals surface area contributed by atoms with Crippen LogP contribution in [-0.4, -0.2) is 47.0 Å². The molecule has 2 aliphatic heterocycles. The van der Waals surface area contributed by atoms with E-state index in [9.17, 15) is 27.2 Å². The lowest BCUT2D eigenvalue weighted by molar-refractivity contribution is -0.137. The van der Waals surface area contributed by atoms with Crippen LogP contribution in [0.1, 0.15) is 23.1 Å². The number of fused-ring (bicyclic) bond motifs is 1. The van der Waals surface area contributed by atoms with Gasteiger partial charge in [0.2, 0.25) is 5.91 Å². The lowest BCUT2D eigenvalue weighted by Crippen LogP contribution is -2.50. The molecule has 0 aliphatic carbocycles. The van der Waals surface area contributed by atoms with E-state index in [1.807, 2.05) is 24.3 Å². The molecule has 0 radical (unpaired) electrons. The SMILES string of the molecule is O=C([C@@H]1C[C@H](F)CN1C(=O)Nc1ccc(C(F)(F)F)cc1)N1CCc2ccccc2C1. The molecule has 1 saturated heterocycles. The van der Waals surface area contributed by atoms with Crippen LogP contribution in [0.2, 0.25) is 0 Å². The maximum Gasteiger partial charge on any atom is 0.416 e. The number of urea groups is 1. The standard InChI is InChI=1S/C22H21F4N3O2/c23-17-11-19(20(30)28-10-9-14-3-1-2-4-15(14)12-28)29(13-17)21(31)27-18-7-5-16(6-8-18)22(24,25)26/h1-8,17,19H,9-13H2,(H,27,31)/t17-,19-/m0/s1. The minimum Gasteiger partial charge on any atom is -0.336 e. The number of hydrogen-bond donors (Lipinski definition) is 1. The third-order valence-electron chi connectivity index (χ3n) is 5.70. The highest BCUT2D eigenvalue weighted by molar-refractivity contribution is 5.94. The van der Waals surface area contributed by atoms with Crippen molar-refractivity contribution in [2.45, 2.75) is 37.8 Å². The summed E-state index contributed by atoms with van der Waals surface area (Å²) in [4.78, 5) is 28.5. The highest BCUT2D eigenvalue weighted by atomic mass is 19.4. The molecular weight excluding hydrogens is 414 g/mol. The van der Waals surface area contributed by atoms with Gasteiger partial charge in [0.25, 0.3) is 0 Å². The van der Waals surface area contributed by atoms with Crippen molar-refractivity contribution in [1.82, 2.24) is 9.80 Å². The molecule has 2 aromatic carbocycles. The largest absolute Gasteiger partial charge is 0.416 e. The van der Waals surface area contributed by atoms with Crippen LogP contribution in [0.5, 0.6) is 0 Å². The van der Waals surface area contributed by atoms with Gasteiger partial charge in [0.1, 0.15) is 12.2 Å². The van der Waals surface area contributed by atoms with Crippen LogP contribution in [0.3, 0.4) is 0 Å². The molecule has 2 heterocycles. The van der Waals surface area contributed by atoms with E-state index in [0.29, 0.717) is 19.5 Å². The number of amides is 3. The highest BCUT2D eigenvalue weighted by Gasteiger charge is 2.42. The molecular formula is C22H21F4N3O2. The van der Waals surface area contributed by atoms with E-state index in [4.69, 9.17) is 0 Å². The number of halogens is 4. The van der Waals surface area contributed by atoms with E-state index < -0.39 is 30.0 Å². The van der Waals surface area contributed by atoms with Crippen LogP contribution in [0, 0.1) is 0 Å². The van der Waals surface area contributed by atoms with Crippen molar-refractivity contribution in [2.75, 3.05) is 18.4 Å². The summed E-state index contributed by atoms with van der Waals surface area (Å²) in [5, 5.41) is 2.47. The zero-order valence-corrected chi connectivity index (χ0v) is 16.5. The van der Waals surface area contributed by atoms with Crippen molar-refractivity contribution in [3.05, 3.63) is 65.2 Å². The lowest BCUT2D eigenvalue weighted by atomic mass is 9.99. The van der Waals surface area contributed by atoms with Crippen LogP contribution in [-0.2, 0) is 23.9 Å². The second kappa shape index (κ2) is 8.20. The first-order valence-corrected chi connectivity index (χ1v) is 9.97. The zero-order valence-electron chi connectivity index (χ0n) is 16.5. The van der Waals surface area contributed by atoms with Gasteiger partial charge in [-0.2, -0.15) is 13.2 Å². The quantitative estimate of drug-likeness (QED) is 0.718. The molecule has 164 valence electrons. The van der Waals surface area contributed by atoms with Crippen LogP contribution in [0.15, 0.2) is 48.5 Å². The maximum atomic E-state index is 14.2. The van der Waals surface area contributed by atoms with E-state index in [0.717, 1.165) is 34.7 Å². The highest BCUT2D eigenvalue weighted by Crippen LogP contribution is 2.30. The molecule has 5 nitrogen and oxygen atoms in total. The summed E-state index contributed by atoms with van der Waals surface area (Å²) in [6.45, 7) is 0.641. The number of carbonyl (C=O) groups excluding carboxylic acids is 2. The van der Waals surface area contributed by atoms with Crippen LogP contribution in [0.4, 0.5) is 28.0 Å². The fraction of sp³-hybridized carbons (Fsp3) is 0.364. The van der Waals surface area contributed by atoms with E-state index >= 15 is 0 Å². The second-order valence-electron chi connectivity index (χ2n) is 7.78. The zero-order chi connectivity index (χ0) is 22.2. The van der Waals surface area contributed by atoms with Gasteiger partial charge in [0.05, 0.1) is 12.1 Å². The minimum absolute atomic E-state index is 0.0998. The first-order valence-electron chi connectivity index (χ1n) is 9.97. The third-order valence-corrected chi connectivity index (χ3v) is 5.70. The Morgan fingerprint density at radius 1 is 1.00 bits per heavy atom. The van der Waals surface area contributed by atoms with Crippen LogP contribution >= 0.6 is 0 Å². The number of alkyl halides is 4. The summed E-state index contributed by atoms with van der Waals surface area (Å²) in [6, 6.07) is 10.1. The normalized spacial score (nSPS) is 21.0. The Morgan fingerprint density at radius 2 is 1.68 bits per heavy atom. The number of nitrogens with one attached hydrogen (secondary N) is 1. The van der Waals surface area contributed by atoms with Crippen LogP contribution in [0.25, 0.3) is 0 Å². The predicted octanol–water partition coefficient (Wildman–Crippen LogP) is 4.23. The summed E-state index contributed by atoms with van der Waals surface area (Å²) in [7, 11) is 0. The second-order valence-corrected chi connectivity index (χ2v) is 7.78. The molecule has 3 amide bonds. The summed E-state index contributed by atoms with van der Waals surface area (Å²) in [6.07, 6.45) is -5.24. The third kappa shape index (κ3) is 4.50. The Bertz CT molecular complexity index is 977. The first-order chi connectivity index (χ1) is 14.7. The first kappa shape index (κ1) is 21.1. The molecule has 1 N–H and O–H groups in total. The van der Waals surface area contributed by atoms with Crippen molar-refractivity contribution in [2.24, 2.45) is 0 Å². The number of likely N-dealkylation sites (tertiary alicyclic amines) is 1. The molecule has 0 aromatic heterocycles. The Balaban J connectivity index is 1.45. The Kier molecular flexibility index (Phi) is 5.60. The van der Waals surface area contributed by atoms with Gasteiger partial charge in [0, 0.05) is 25.2 Å². The molecule has 0 spiro atoms. The van der Waals surface area contributed by atoms with Gasteiger partial charge in [-0.25, -0.2) is 9.18 Å². The number of benzene rings is 2. The molecule has 0 saturated carbocycles. The fourth-order valence-corrected chi connectivity index (χ4v) is 4.08. The lowest BCUT2D eigenvalue weighted by Gasteiger charge is -2.33. The van der Waals surface area contributed by atoms with E-state index in [2.05, 4.69) is 5.32 Å². The molecule has 9 heteroatoms. The molecule has 4 rings (SSSR count). The van der Waals surface area contributed by atoms with Gasteiger partial charge in [0.15, 0.2) is 0 Å². The Labute approximate surface area is 176 Å². The summed E-state index contributed by atoms with van der Waals surface area (Å²) >= 11 is 0. The monoisotopic (exact) mass is 435 g/mol. The molecule has 0 bridgehead atoms. The molecule has 2 aromatic rings. The summed E-state index contributed by atoms with van der Waals surface area (Å²) in [5.41, 5.74) is 1.49. The van der Waals surface area contributed by atoms with Crippen molar-refractivity contribution in [3.8, 4) is 0 Å². The molecule has 2 atom stereocenters. The average Bonchev–Trinajstić information content (AvgIpc) is 3.14. The average molecular weight is 435 g/mol. The molecule has 2 aliphatic rings. The smallest absolute Gasteiger partial charge is 0.336 e. The van der Waals surface area contributed by atoms with Crippen molar-refractivity contribution < 1.29 is 27.2 Å². The van der Waals surface area contributed by atoms with Crippen molar-refractivity contribution in [3.63, 3.8) is 0 Å². The molecule has 0 unspecified atom stereocenters. The summed E-state index contributed by atoms with van der Waals surface area (Å²) in [5.74, 6) is -0.322. The Hall–Kier alpha value is -3.10. The van der Waals surface area contributed by atoms with Crippen molar-refractivity contribution in [1.29, 1.82) is 0 Å². The molecule has 1 fully saturated rings. The maximum absolute atomic E-state index is 14.2. The number of rotatable bonds is 2. The van der Waals surface area contributed by atoms with E-state index in [1.165, 1.54) is 5.56 Å². The topological polar surface area (TPSA) is 52.7 Å². The van der Waals surface area contributed by atoms with Gasteiger partial charge in [-0.05, 0) is 41.8 Å². The van der Waals surface area contributed by atoms with Gasteiger partial charge in [-0.15, -0.1) is 0 Å². The Morgan fingerprint density at radius 3 is 2.35 bits per heavy atom. The minimum atomic E-state index is -4.48.